The average Bonchev–Trinajstić information content (AvgIpc) is 3.41. The molecule has 2 aromatic rings. The second kappa shape index (κ2) is 9.46. The number of amides is 2. The van der Waals surface area contributed by atoms with E-state index in [2.05, 4.69) is 34.9 Å². The van der Waals surface area contributed by atoms with Gasteiger partial charge in [-0.25, -0.2) is 4.79 Å². The number of carbonyl (C=O) groups excluding carboxylic acids is 2. The summed E-state index contributed by atoms with van der Waals surface area (Å²) in [7, 11) is 0. The maximum Gasteiger partial charge on any atom is 0.407 e. The molecule has 8 nitrogen and oxygen atoms in total. The van der Waals surface area contributed by atoms with Crippen molar-refractivity contribution in [2.45, 2.75) is 37.3 Å². The highest BCUT2D eigenvalue weighted by molar-refractivity contribution is 5.80. The lowest BCUT2D eigenvalue weighted by molar-refractivity contribution is -0.146. The highest BCUT2D eigenvalue weighted by atomic mass is 16.5. The molecule has 2 unspecified atom stereocenters. The molecule has 2 aliphatic carbocycles. The molecule has 2 aromatic carbocycles. The molecular formula is C26H28N2O6. The van der Waals surface area contributed by atoms with Crippen molar-refractivity contribution in [2.24, 2.45) is 11.8 Å². The molecule has 3 aliphatic rings. The molecule has 1 saturated carbocycles. The average molecular weight is 465 g/mol. The lowest BCUT2D eigenvalue weighted by Crippen LogP contribution is -2.48. The fourth-order valence-corrected chi connectivity index (χ4v) is 5.13. The number of carbonyl (C=O) groups is 3. The van der Waals surface area contributed by atoms with E-state index < -0.39 is 12.1 Å². The molecule has 2 atom stereocenters. The van der Waals surface area contributed by atoms with E-state index in [4.69, 9.17) is 14.6 Å². The summed E-state index contributed by atoms with van der Waals surface area (Å²) >= 11 is 0. The molecule has 1 saturated heterocycles. The Labute approximate surface area is 197 Å². The largest absolute Gasteiger partial charge is 0.481 e. The van der Waals surface area contributed by atoms with Crippen molar-refractivity contribution in [2.75, 3.05) is 19.8 Å². The summed E-state index contributed by atoms with van der Waals surface area (Å²) in [6, 6.07) is 16.3. The molecule has 1 heterocycles. The third-order valence-corrected chi connectivity index (χ3v) is 7.10. The molecule has 0 spiro atoms. The molecule has 34 heavy (non-hydrogen) atoms. The topological polar surface area (TPSA) is 114 Å². The summed E-state index contributed by atoms with van der Waals surface area (Å²) in [5, 5.41) is 14.6. The quantitative estimate of drug-likeness (QED) is 0.581. The molecule has 2 fully saturated rings. The Morgan fingerprint density at radius 3 is 2.24 bits per heavy atom. The van der Waals surface area contributed by atoms with Gasteiger partial charge >= 0.3 is 12.1 Å². The Morgan fingerprint density at radius 1 is 0.941 bits per heavy atom. The van der Waals surface area contributed by atoms with Crippen LogP contribution in [0.4, 0.5) is 4.79 Å². The summed E-state index contributed by atoms with van der Waals surface area (Å²) < 4.78 is 11.2. The molecule has 8 heteroatoms. The fraction of sp³-hybridized carbons (Fsp3) is 0.423. The number of alkyl carbamates (subject to hydrolysis) is 1. The van der Waals surface area contributed by atoms with Gasteiger partial charge in [0.05, 0.1) is 24.5 Å². The van der Waals surface area contributed by atoms with Gasteiger partial charge in [0, 0.05) is 18.5 Å². The first kappa shape index (κ1) is 22.4. The zero-order chi connectivity index (χ0) is 23.7. The Kier molecular flexibility index (Phi) is 6.24. The third kappa shape index (κ3) is 4.50. The third-order valence-electron chi connectivity index (χ3n) is 7.10. The predicted molar refractivity (Wildman–Crippen MR) is 123 cm³/mol. The Hall–Kier alpha value is -3.39. The van der Waals surface area contributed by atoms with Crippen LogP contribution in [0, 0.1) is 11.8 Å². The minimum Gasteiger partial charge on any atom is -0.481 e. The van der Waals surface area contributed by atoms with E-state index >= 15 is 0 Å². The molecule has 1 aliphatic heterocycles. The number of hydrogen-bond donors (Lipinski definition) is 3. The number of rotatable bonds is 7. The van der Waals surface area contributed by atoms with E-state index in [9.17, 15) is 14.4 Å². The number of hydrogen-bond acceptors (Lipinski definition) is 5. The minimum atomic E-state index is -0.811. The van der Waals surface area contributed by atoms with E-state index in [1.54, 1.807) is 0 Å². The standard InChI is InChI=1S/C26H28N2O6/c29-24(28-17-9-15(10-17)25(30)31)16-11-18(33-13-16)12-27-26(32)34-14-23-21-7-3-1-5-19(21)20-6-2-4-8-22(20)23/h1-8,15-18,23H,9-14H2,(H,27,32)(H,28,29)(H,30,31). The van der Waals surface area contributed by atoms with Crippen LogP contribution in [0.3, 0.4) is 0 Å². The van der Waals surface area contributed by atoms with Crippen LogP contribution in [-0.2, 0) is 19.1 Å². The first-order valence-corrected chi connectivity index (χ1v) is 11.7. The first-order chi connectivity index (χ1) is 16.5. The monoisotopic (exact) mass is 464 g/mol. The van der Waals surface area contributed by atoms with Crippen LogP contribution in [0.1, 0.15) is 36.3 Å². The van der Waals surface area contributed by atoms with Crippen molar-refractivity contribution in [1.29, 1.82) is 0 Å². The lowest BCUT2D eigenvalue weighted by Gasteiger charge is -2.33. The van der Waals surface area contributed by atoms with Gasteiger partial charge in [0.15, 0.2) is 0 Å². The molecule has 2 amide bonds. The van der Waals surface area contributed by atoms with Gasteiger partial charge < -0.3 is 25.2 Å². The van der Waals surface area contributed by atoms with E-state index in [1.165, 1.54) is 11.1 Å². The van der Waals surface area contributed by atoms with Gasteiger partial charge in [-0.1, -0.05) is 48.5 Å². The molecular weight excluding hydrogens is 436 g/mol. The summed E-state index contributed by atoms with van der Waals surface area (Å²) in [5.41, 5.74) is 4.67. The summed E-state index contributed by atoms with van der Waals surface area (Å²) in [5.74, 6) is -1.58. The van der Waals surface area contributed by atoms with E-state index in [1.807, 2.05) is 24.3 Å². The smallest absolute Gasteiger partial charge is 0.407 e. The lowest BCUT2D eigenvalue weighted by atomic mass is 9.80. The summed E-state index contributed by atoms with van der Waals surface area (Å²) in [6.45, 7) is 0.804. The summed E-state index contributed by atoms with van der Waals surface area (Å²) in [4.78, 5) is 35.7. The van der Waals surface area contributed by atoms with Crippen LogP contribution < -0.4 is 10.6 Å². The van der Waals surface area contributed by atoms with Crippen molar-refractivity contribution < 1.29 is 29.0 Å². The highest BCUT2D eigenvalue weighted by Crippen LogP contribution is 2.44. The Morgan fingerprint density at radius 2 is 1.59 bits per heavy atom. The van der Waals surface area contributed by atoms with Crippen LogP contribution in [-0.4, -0.2) is 55.0 Å². The minimum absolute atomic E-state index is 0.00110. The molecule has 0 aromatic heterocycles. The normalized spacial score (nSPS) is 25.1. The van der Waals surface area contributed by atoms with Crippen molar-refractivity contribution in [3.05, 3.63) is 59.7 Å². The van der Waals surface area contributed by atoms with Gasteiger partial charge in [-0.3, -0.25) is 9.59 Å². The number of fused-ring (bicyclic) bond motifs is 3. The number of carboxylic acids is 1. The van der Waals surface area contributed by atoms with E-state index in [0.717, 1.165) is 11.1 Å². The second-order valence-electron chi connectivity index (χ2n) is 9.31. The van der Waals surface area contributed by atoms with Gasteiger partial charge in [0.2, 0.25) is 5.91 Å². The maximum atomic E-state index is 12.4. The van der Waals surface area contributed by atoms with Crippen LogP contribution >= 0.6 is 0 Å². The summed E-state index contributed by atoms with van der Waals surface area (Å²) in [6.07, 6.45) is 0.685. The van der Waals surface area contributed by atoms with Crippen LogP contribution in [0.5, 0.6) is 0 Å². The number of aliphatic carboxylic acids is 1. The molecule has 5 rings (SSSR count). The number of ether oxygens (including phenoxy) is 2. The second-order valence-corrected chi connectivity index (χ2v) is 9.31. The van der Waals surface area contributed by atoms with Crippen LogP contribution in [0.15, 0.2) is 48.5 Å². The van der Waals surface area contributed by atoms with Crippen molar-refractivity contribution in [3.63, 3.8) is 0 Å². The van der Waals surface area contributed by atoms with Gasteiger partial charge in [-0.15, -0.1) is 0 Å². The molecule has 0 bridgehead atoms. The SMILES string of the molecule is O=C(NCC1CC(C(=O)NC2CC(C(=O)O)C2)CO1)OCC1c2ccccc2-c2ccccc21. The van der Waals surface area contributed by atoms with Gasteiger partial charge in [-0.05, 0) is 41.5 Å². The zero-order valence-electron chi connectivity index (χ0n) is 18.7. The number of carboxylic acid groups (broad SMARTS) is 1. The Bertz CT molecular complexity index is 1050. The van der Waals surface area contributed by atoms with E-state index in [0.29, 0.717) is 19.3 Å². The van der Waals surface area contributed by atoms with Gasteiger partial charge in [0.25, 0.3) is 0 Å². The maximum absolute atomic E-state index is 12.4. The predicted octanol–water partition coefficient (Wildman–Crippen LogP) is 2.91. The fourth-order valence-electron chi connectivity index (χ4n) is 5.13. The molecule has 0 radical (unpaired) electrons. The number of benzene rings is 2. The Balaban J connectivity index is 1.06. The van der Waals surface area contributed by atoms with Gasteiger partial charge in [-0.2, -0.15) is 0 Å². The highest BCUT2D eigenvalue weighted by Gasteiger charge is 2.38. The van der Waals surface area contributed by atoms with Gasteiger partial charge in [0.1, 0.15) is 6.61 Å². The van der Waals surface area contributed by atoms with Crippen LogP contribution in [0.25, 0.3) is 11.1 Å². The van der Waals surface area contributed by atoms with Crippen molar-refractivity contribution in [1.82, 2.24) is 10.6 Å². The van der Waals surface area contributed by atoms with Crippen LogP contribution in [0.2, 0.25) is 0 Å². The van der Waals surface area contributed by atoms with Crippen molar-refractivity contribution in [3.8, 4) is 11.1 Å². The number of nitrogens with one attached hydrogen (secondary N) is 2. The first-order valence-electron chi connectivity index (χ1n) is 11.7. The van der Waals surface area contributed by atoms with Crippen molar-refractivity contribution >= 4 is 18.0 Å². The zero-order valence-corrected chi connectivity index (χ0v) is 18.7. The van der Waals surface area contributed by atoms with E-state index in [-0.39, 0.29) is 55.6 Å². The molecule has 178 valence electrons. The molecule has 3 N–H and O–H groups in total.